The summed E-state index contributed by atoms with van der Waals surface area (Å²) in [7, 11) is 0. The van der Waals surface area contributed by atoms with Crippen LogP contribution in [-0.2, 0) is 11.3 Å². The lowest BCUT2D eigenvalue weighted by Crippen LogP contribution is -2.51. The molecule has 4 heterocycles. The van der Waals surface area contributed by atoms with Crippen LogP contribution in [0.25, 0.3) is 11.0 Å². The Hall–Kier alpha value is -2.91. The van der Waals surface area contributed by atoms with Gasteiger partial charge in [0.1, 0.15) is 17.9 Å². The monoisotopic (exact) mass is 581 g/mol. The van der Waals surface area contributed by atoms with Crippen LogP contribution in [0.5, 0.6) is 5.75 Å². The molecular formula is C31H44ClN7O2. The molecule has 6 rings (SSSR count). The number of likely N-dealkylation sites (tertiary alicyclic amines) is 1. The van der Waals surface area contributed by atoms with Gasteiger partial charge in [0.05, 0.1) is 24.2 Å². The average molecular weight is 582 g/mol. The number of halogens is 1. The molecule has 1 aliphatic carbocycles. The molecule has 3 aromatic rings. The molecule has 2 saturated heterocycles. The van der Waals surface area contributed by atoms with Gasteiger partial charge >= 0.3 is 0 Å². The number of aromatic nitrogens is 4. The lowest BCUT2D eigenvalue weighted by molar-refractivity contribution is -0.137. The maximum Gasteiger partial charge on any atom is 0.225 e. The Morgan fingerprint density at radius 2 is 1.73 bits per heavy atom. The number of hydrogen-bond acceptors (Lipinski definition) is 7. The SMILES string of the molecule is CCOc1cccc(Cn2nc(C)c3c(N4CCN(C(=O)[C@H]5CC[C@H](N6CCCCC6)CC5)CC4)ncnc32)c1.Cl. The second-order valence-corrected chi connectivity index (χ2v) is 11.6. The van der Waals surface area contributed by atoms with Crippen LogP contribution in [0.15, 0.2) is 30.6 Å². The highest BCUT2D eigenvalue weighted by Crippen LogP contribution is 2.32. The summed E-state index contributed by atoms with van der Waals surface area (Å²) in [6, 6.07) is 8.83. The van der Waals surface area contributed by atoms with E-state index >= 15 is 0 Å². The van der Waals surface area contributed by atoms with Crippen LogP contribution in [0.2, 0.25) is 0 Å². The van der Waals surface area contributed by atoms with Crippen molar-refractivity contribution in [1.82, 2.24) is 29.5 Å². The molecule has 3 aliphatic rings. The van der Waals surface area contributed by atoms with E-state index in [1.807, 2.05) is 30.7 Å². The topological polar surface area (TPSA) is 79.6 Å². The third kappa shape index (κ3) is 6.46. The van der Waals surface area contributed by atoms with Crippen LogP contribution in [0.1, 0.15) is 63.1 Å². The number of fused-ring (bicyclic) bond motifs is 1. The minimum atomic E-state index is 0. The molecule has 222 valence electrons. The van der Waals surface area contributed by atoms with Crippen molar-refractivity contribution >= 4 is 35.2 Å². The maximum absolute atomic E-state index is 13.4. The lowest BCUT2D eigenvalue weighted by Gasteiger charge is -2.41. The summed E-state index contributed by atoms with van der Waals surface area (Å²) in [5.41, 5.74) is 2.89. The van der Waals surface area contributed by atoms with Crippen molar-refractivity contribution in [3.8, 4) is 5.75 Å². The number of piperazine rings is 1. The smallest absolute Gasteiger partial charge is 0.225 e. The zero-order valence-corrected chi connectivity index (χ0v) is 25.3. The molecule has 1 saturated carbocycles. The number of ether oxygens (including phenoxy) is 1. The first-order valence-corrected chi connectivity index (χ1v) is 15.3. The zero-order chi connectivity index (χ0) is 27.5. The third-order valence-electron chi connectivity index (χ3n) is 9.07. The van der Waals surface area contributed by atoms with Crippen molar-refractivity contribution in [2.45, 2.75) is 71.4 Å². The highest BCUT2D eigenvalue weighted by Gasteiger charge is 2.33. The van der Waals surface area contributed by atoms with Crippen LogP contribution in [0.4, 0.5) is 5.82 Å². The van der Waals surface area contributed by atoms with E-state index in [0.29, 0.717) is 25.1 Å². The van der Waals surface area contributed by atoms with Gasteiger partial charge in [-0.15, -0.1) is 12.4 Å². The first-order valence-electron chi connectivity index (χ1n) is 15.3. The molecule has 0 atom stereocenters. The quantitative estimate of drug-likeness (QED) is 0.400. The first kappa shape index (κ1) is 29.6. The number of amides is 1. The first-order chi connectivity index (χ1) is 19.6. The fourth-order valence-corrected chi connectivity index (χ4v) is 6.96. The third-order valence-corrected chi connectivity index (χ3v) is 9.07. The Labute approximate surface area is 249 Å². The summed E-state index contributed by atoms with van der Waals surface area (Å²) >= 11 is 0. The van der Waals surface area contributed by atoms with Crippen LogP contribution >= 0.6 is 12.4 Å². The molecule has 0 radical (unpaired) electrons. The Morgan fingerprint density at radius 1 is 0.976 bits per heavy atom. The van der Waals surface area contributed by atoms with Crippen molar-refractivity contribution in [3.05, 3.63) is 41.9 Å². The number of anilines is 1. The molecule has 2 aromatic heterocycles. The highest BCUT2D eigenvalue weighted by atomic mass is 35.5. The molecule has 0 N–H and O–H groups in total. The normalized spacial score (nSPS) is 22.0. The second-order valence-electron chi connectivity index (χ2n) is 11.6. The summed E-state index contributed by atoms with van der Waals surface area (Å²) in [5, 5.41) is 5.84. The predicted octanol–water partition coefficient (Wildman–Crippen LogP) is 4.70. The number of nitrogens with zero attached hydrogens (tertiary/aromatic N) is 7. The highest BCUT2D eigenvalue weighted by molar-refractivity contribution is 5.90. The van der Waals surface area contributed by atoms with Gasteiger partial charge < -0.3 is 19.4 Å². The molecule has 3 fully saturated rings. The Bertz CT molecular complexity index is 1310. The number of aryl methyl sites for hydroxylation is 1. The van der Waals surface area contributed by atoms with E-state index in [-0.39, 0.29) is 18.3 Å². The van der Waals surface area contributed by atoms with Gasteiger partial charge in [-0.1, -0.05) is 18.6 Å². The summed E-state index contributed by atoms with van der Waals surface area (Å²) in [5.74, 6) is 2.35. The van der Waals surface area contributed by atoms with Crippen molar-refractivity contribution in [2.24, 2.45) is 5.92 Å². The maximum atomic E-state index is 13.4. The van der Waals surface area contributed by atoms with Crippen LogP contribution in [0.3, 0.4) is 0 Å². The van der Waals surface area contributed by atoms with Gasteiger partial charge in [0, 0.05) is 38.1 Å². The molecule has 9 nitrogen and oxygen atoms in total. The van der Waals surface area contributed by atoms with Gasteiger partial charge in [0.25, 0.3) is 0 Å². The van der Waals surface area contributed by atoms with E-state index in [1.54, 1.807) is 6.33 Å². The largest absolute Gasteiger partial charge is 0.494 e. The fraction of sp³-hybridized carbons (Fsp3) is 0.613. The summed E-state index contributed by atoms with van der Waals surface area (Å²) < 4.78 is 7.64. The number of carbonyl (C=O) groups excluding carboxylic acids is 1. The minimum Gasteiger partial charge on any atom is -0.494 e. The van der Waals surface area contributed by atoms with Crippen molar-refractivity contribution in [2.75, 3.05) is 50.8 Å². The number of carbonyl (C=O) groups is 1. The number of piperidine rings is 1. The number of rotatable bonds is 7. The lowest BCUT2D eigenvalue weighted by atomic mass is 9.83. The molecule has 1 amide bonds. The Kier molecular flexibility index (Phi) is 9.65. The van der Waals surface area contributed by atoms with E-state index < -0.39 is 0 Å². The van der Waals surface area contributed by atoms with Gasteiger partial charge in [0.2, 0.25) is 5.91 Å². The molecule has 41 heavy (non-hydrogen) atoms. The average Bonchev–Trinajstić information content (AvgIpc) is 3.32. The van der Waals surface area contributed by atoms with Gasteiger partial charge in [0.15, 0.2) is 5.65 Å². The molecule has 1 aromatic carbocycles. The van der Waals surface area contributed by atoms with E-state index in [2.05, 4.69) is 31.8 Å². The minimum absolute atomic E-state index is 0. The van der Waals surface area contributed by atoms with E-state index in [1.165, 1.54) is 45.2 Å². The number of hydrogen-bond donors (Lipinski definition) is 0. The van der Waals surface area contributed by atoms with E-state index in [4.69, 9.17) is 14.8 Å². The molecule has 0 spiro atoms. The molecular weight excluding hydrogens is 538 g/mol. The molecule has 2 aliphatic heterocycles. The number of benzene rings is 1. The standard InChI is InChI=1S/C31H43N7O2.ClH/c1-3-40-27-9-7-8-24(20-27)21-38-30-28(23(2)34-38)29(32-22-33-30)36-16-18-37(19-17-36)31(39)25-10-12-26(13-11-25)35-14-5-4-6-15-35;/h7-9,20,22,25-26H,3-6,10-19,21H2,1-2H3;1H/t25-,26-;. The van der Waals surface area contributed by atoms with E-state index in [0.717, 1.165) is 72.9 Å². The van der Waals surface area contributed by atoms with Gasteiger partial charge in [-0.05, 0) is 83.2 Å². The fourth-order valence-electron chi connectivity index (χ4n) is 6.96. The van der Waals surface area contributed by atoms with Crippen molar-refractivity contribution in [3.63, 3.8) is 0 Å². The van der Waals surface area contributed by atoms with Crippen molar-refractivity contribution in [1.29, 1.82) is 0 Å². The summed E-state index contributed by atoms with van der Waals surface area (Å²) in [4.78, 5) is 29.8. The van der Waals surface area contributed by atoms with E-state index in [9.17, 15) is 4.79 Å². The predicted molar refractivity (Wildman–Crippen MR) is 164 cm³/mol. The van der Waals surface area contributed by atoms with Gasteiger partial charge in [-0.3, -0.25) is 4.79 Å². The van der Waals surface area contributed by atoms with Crippen LogP contribution in [-0.4, -0.2) is 87.4 Å². The Morgan fingerprint density at radius 3 is 2.46 bits per heavy atom. The molecule has 0 bridgehead atoms. The van der Waals surface area contributed by atoms with Crippen LogP contribution in [0, 0.1) is 12.8 Å². The summed E-state index contributed by atoms with van der Waals surface area (Å²) in [6.45, 7) is 10.8. The van der Waals surface area contributed by atoms with Gasteiger partial charge in [-0.25, -0.2) is 14.6 Å². The zero-order valence-electron chi connectivity index (χ0n) is 24.5. The Balaban J connectivity index is 0.00000337. The second kappa shape index (κ2) is 13.4. The van der Waals surface area contributed by atoms with Crippen molar-refractivity contribution < 1.29 is 9.53 Å². The summed E-state index contributed by atoms with van der Waals surface area (Å²) in [6.07, 6.45) is 10.1. The molecule has 0 unspecified atom stereocenters. The van der Waals surface area contributed by atoms with Gasteiger partial charge in [-0.2, -0.15) is 5.10 Å². The molecule has 10 heteroatoms. The van der Waals surface area contributed by atoms with Crippen LogP contribution < -0.4 is 9.64 Å².